The molecule has 0 aromatic carbocycles. The first-order chi connectivity index (χ1) is 6.65. The molecule has 0 fully saturated rings. The molecule has 74 valence electrons. The normalized spacial score (nSPS) is 11.1. The van der Waals surface area contributed by atoms with E-state index in [9.17, 15) is 4.79 Å². The number of aryl methyl sites for hydroxylation is 2. The lowest BCUT2D eigenvalue weighted by atomic mass is 10.5. The van der Waals surface area contributed by atoms with Crippen molar-refractivity contribution in [1.29, 1.82) is 0 Å². The predicted molar refractivity (Wildman–Crippen MR) is 55.5 cm³/mol. The number of thioether (sulfide) groups is 1. The Kier molecular flexibility index (Phi) is 2.07. The zero-order valence-electron chi connectivity index (χ0n) is 8.18. The Labute approximate surface area is 84.8 Å². The fourth-order valence-electron chi connectivity index (χ4n) is 1.40. The van der Waals surface area contributed by atoms with E-state index in [4.69, 9.17) is 0 Å². The molecule has 2 rings (SSSR count). The summed E-state index contributed by atoms with van der Waals surface area (Å²) < 4.78 is 3.51. The van der Waals surface area contributed by atoms with Crippen molar-refractivity contribution in [1.82, 2.24) is 19.1 Å². The van der Waals surface area contributed by atoms with Crippen molar-refractivity contribution in [3.8, 4) is 0 Å². The van der Waals surface area contributed by atoms with Crippen molar-refractivity contribution in [2.24, 2.45) is 14.1 Å². The van der Waals surface area contributed by atoms with Gasteiger partial charge in [0.2, 0.25) is 0 Å². The number of nitrogens with zero attached hydrogens (tertiary/aromatic N) is 4. The molecule has 0 saturated carbocycles. The van der Waals surface area contributed by atoms with E-state index >= 15 is 0 Å². The molecule has 0 aliphatic heterocycles. The van der Waals surface area contributed by atoms with Crippen molar-refractivity contribution in [2.45, 2.75) is 5.16 Å². The highest BCUT2D eigenvalue weighted by Gasteiger charge is 2.10. The van der Waals surface area contributed by atoms with Crippen LogP contribution in [0.15, 0.2) is 16.3 Å². The molecule has 0 atom stereocenters. The Morgan fingerprint density at radius 2 is 2.14 bits per heavy atom. The fraction of sp³-hybridized carbons (Fsp3) is 0.375. The Morgan fingerprint density at radius 3 is 2.79 bits per heavy atom. The zero-order chi connectivity index (χ0) is 10.3. The summed E-state index contributed by atoms with van der Waals surface area (Å²) in [6.45, 7) is 0. The van der Waals surface area contributed by atoms with E-state index in [1.807, 2.05) is 17.9 Å². The summed E-state index contributed by atoms with van der Waals surface area (Å²) in [7, 11) is 3.64. The maximum Gasteiger partial charge on any atom is 0.299 e. The number of rotatable bonds is 1. The molecule has 0 saturated heterocycles. The summed E-state index contributed by atoms with van der Waals surface area (Å²) in [6.07, 6.45) is 3.51. The van der Waals surface area contributed by atoms with Gasteiger partial charge in [-0.25, -0.2) is 4.98 Å². The minimum absolute atomic E-state index is 0.220. The van der Waals surface area contributed by atoms with E-state index < -0.39 is 0 Å². The van der Waals surface area contributed by atoms with Gasteiger partial charge in [-0.2, -0.15) is 4.98 Å². The van der Waals surface area contributed by atoms with Crippen molar-refractivity contribution in [2.75, 3.05) is 6.26 Å². The fourth-order valence-corrected chi connectivity index (χ4v) is 1.93. The molecule has 0 amide bonds. The lowest BCUT2D eigenvalue weighted by molar-refractivity contribution is 0.756. The van der Waals surface area contributed by atoms with Gasteiger partial charge in [0, 0.05) is 14.1 Å². The van der Waals surface area contributed by atoms with Gasteiger partial charge in [0.05, 0.1) is 6.33 Å². The summed E-state index contributed by atoms with van der Waals surface area (Å²) in [5.74, 6) is 0. The van der Waals surface area contributed by atoms with Crippen molar-refractivity contribution >= 4 is 22.9 Å². The van der Waals surface area contributed by atoms with Crippen LogP contribution in [0.5, 0.6) is 0 Å². The average Bonchev–Trinajstić information content (AvgIpc) is 2.54. The highest BCUT2D eigenvalue weighted by Crippen LogP contribution is 2.13. The van der Waals surface area contributed by atoms with Crippen LogP contribution in [-0.4, -0.2) is 25.4 Å². The van der Waals surface area contributed by atoms with E-state index in [1.54, 1.807) is 17.9 Å². The van der Waals surface area contributed by atoms with E-state index in [0.29, 0.717) is 16.3 Å². The van der Waals surface area contributed by atoms with Gasteiger partial charge < -0.3 is 9.13 Å². The summed E-state index contributed by atoms with van der Waals surface area (Å²) in [5.41, 5.74) is 1.00. The van der Waals surface area contributed by atoms with Crippen molar-refractivity contribution in [3.63, 3.8) is 0 Å². The smallest absolute Gasteiger partial charge is 0.299 e. The Bertz CT molecular complexity index is 542. The molecule has 2 aromatic rings. The van der Waals surface area contributed by atoms with Crippen LogP contribution in [0.1, 0.15) is 0 Å². The molecule has 0 unspecified atom stereocenters. The molecule has 0 aliphatic rings. The Hall–Kier alpha value is -1.30. The quantitative estimate of drug-likeness (QED) is 0.504. The van der Waals surface area contributed by atoms with Crippen molar-refractivity contribution in [3.05, 3.63) is 16.7 Å². The van der Waals surface area contributed by atoms with Crippen LogP contribution in [0, 0.1) is 0 Å². The van der Waals surface area contributed by atoms with Crippen LogP contribution in [0.2, 0.25) is 0 Å². The minimum atomic E-state index is -0.220. The van der Waals surface area contributed by atoms with Crippen LogP contribution in [0.25, 0.3) is 11.2 Å². The van der Waals surface area contributed by atoms with E-state index in [-0.39, 0.29) is 5.56 Å². The van der Waals surface area contributed by atoms with Crippen LogP contribution < -0.4 is 5.56 Å². The second-order valence-corrected chi connectivity index (χ2v) is 3.76. The number of hydrogen-bond acceptors (Lipinski definition) is 4. The molecular weight excluding hydrogens is 200 g/mol. The molecule has 0 spiro atoms. The van der Waals surface area contributed by atoms with E-state index in [0.717, 1.165) is 0 Å². The third-order valence-electron chi connectivity index (χ3n) is 2.10. The van der Waals surface area contributed by atoms with Gasteiger partial charge in [0.25, 0.3) is 5.56 Å². The molecule has 0 bridgehead atoms. The highest BCUT2D eigenvalue weighted by molar-refractivity contribution is 7.98. The van der Waals surface area contributed by atoms with Crippen LogP contribution in [0.3, 0.4) is 0 Å². The summed E-state index contributed by atoms with van der Waals surface area (Å²) in [5, 5.41) is 0.682. The summed E-state index contributed by atoms with van der Waals surface area (Å²) >= 11 is 1.44. The molecule has 2 heterocycles. The first-order valence-corrected chi connectivity index (χ1v) is 5.29. The predicted octanol–water partition coefficient (Wildman–Crippen LogP) is 0.389. The standard InChI is InChI=1S/C8H10N4OS/c1-11-4-9-6-5(11)7(13)10-8(14-3)12(6)2/h4H,1-3H3. The highest BCUT2D eigenvalue weighted by atomic mass is 32.2. The van der Waals surface area contributed by atoms with Gasteiger partial charge in [0.1, 0.15) is 0 Å². The van der Waals surface area contributed by atoms with Crippen LogP contribution in [0.4, 0.5) is 0 Å². The topological polar surface area (TPSA) is 52.7 Å². The number of aromatic nitrogens is 4. The Morgan fingerprint density at radius 1 is 1.43 bits per heavy atom. The van der Waals surface area contributed by atoms with Gasteiger partial charge >= 0.3 is 0 Å². The lowest BCUT2D eigenvalue weighted by Gasteiger charge is -2.04. The number of fused-ring (bicyclic) bond motifs is 1. The molecule has 6 heteroatoms. The zero-order valence-corrected chi connectivity index (χ0v) is 9.00. The SMILES string of the molecule is CSc1nc(=O)c2c(ncn2C)n1C. The maximum absolute atomic E-state index is 11.6. The van der Waals surface area contributed by atoms with Crippen molar-refractivity contribution < 1.29 is 0 Å². The maximum atomic E-state index is 11.6. The minimum Gasteiger partial charge on any atom is -0.328 e. The molecule has 14 heavy (non-hydrogen) atoms. The molecular formula is C8H10N4OS. The van der Waals surface area contributed by atoms with E-state index in [1.165, 1.54) is 11.8 Å². The van der Waals surface area contributed by atoms with E-state index in [2.05, 4.69) is 9.97 Å². The lowest BCUT2D eigenvalue weighted by Crippen LogP contribution is -2.15. The van der Waals surface area contributed by atoms with Gasteiger partial charge in [-0.05, 0) is 6.26 Å². The molecule has 2 aromatic heterocycles. The third kappa shape index (κ3) is 1.14. The molecule has 5 nitrogen and oxygen atoms in total. The van der Waals surface area contributed by atoms with Crippen LogP contribution in [-0.2, 0) is 14.1 Å². The van der Waals surface area contributed by atoms with Gasteiger partial charge in [-0.3, -0.25) is 4.79 Å². The second-order valence-electron chi connectivity index (χ2n) is 2.99. The number of hydrogen-bond donors (Lipinski definition) is 0. The van der Waals surface area contributed by atoms with Gasteiger partial charge in [0.15, 0.2) is 16.3 Å². The first-order valence-electron chi connectivity index (χ1n) is 4.07. The average molecular weight is 210 g/mol. The Balaban J connectivity index is 2.97. The van der Waals surface area contributed by atoms with Gasteiger partial charge in [-0.1, -0.05) is 11.8 Å². The number of imidazole rings is 1. The molecule has 0 radical (unpaired) electrons. The second kappa shape index (κ2) is 3.13. The largest absolute Gasteiger partial charge is 0.328 e. The van der Waals surface area contributed by atoms with Crippen LogP contribution >= 0.6 is 11.8 Å². The molecule has 0 aliphatic carbocycles. The summed E-state index contributed by atoms with van der Waals surface area (Å²) in [6, 6.07) is 0. The third-order valence-corrected chi connectivity index (χ3v) is 2.84. The monoisotopic (exact) mass is 210 g/mol. The molecule has 0 N–H and O–H groups in total. The van der Waals surface area contributed by atoms with Gasteiger partial charge in [-0.15, -0.1) is 0 Å². The summed E-state index contributed by atoms with van der Waals surface area (Å²) in [4.78, 5) is 19.7. The first kappa shape index (κ1) is 9.26.